The molecule has 0 saturated heterocycles. The quantitative estimate of drug-likeness (QED) is 0.888. The number of nitrogens with zero attached hydrogens (tertiary/aromatic N) is 1. The SMILES string of the molecule is Cc1cc(F)ccc1NC(=O)c1noc(C)c1C. The predicted molar refractivity (Wildman–Crippen MR) is 65.1 cm³/mol. The molecule has 94 valence electrons. The topological polar surface area (TPSA) is 55.1 Å². The minimum absolute atomic E-state index is 0.247. The summed E-state index contributed by atoms with van der Waals surface area (Å²) in [4.78, 5) is 12.0. The van der Waals surface area contributed by atoms with Crippen molar-refractivity contribution in [1.82, 2.24) is 5.16 Å². The zero-order valence-corrected chi connectivity index (χ0v) is 10.4. The Morgan fingerprint density at radius 2 is 2.06 bits per heavy atom. The van der Waals surface area contributed by atoms with Gasteiger partial charge in [0.2, 0.25) is 0 Å². The molecule has 1 amide bonds. The highest BCUT2D eigenvalue weighted by atomic mass is 19.1. The Bertz CT molecular complexity index is 605. The van der Waals surface area contributed by atoms with Crippen LogP contribution in [0, 0.1) is 26.6 Å². The molecule has 0 aliphatic carbocycles. The van der Waals surface area contributed by atoms with Crippen molar-refractivity contribution in [2.45, 2.75) is 20.8 Å². The molecule has 2 aromatic rings. The standard InChI is InChI=1S/C13H13FN2O2/c1-7-6-10(14)4-5-11(7)15-13(17)12-8(2)9(3)18-16-12/h4-6H,1-3H3,(H,15,17). The number of hydrogen-bond acceptors (Lipinski definition) is 3. The Kier molecular flexibility index (Phi) is 3.14. The second-order valence-corrected chi connectivity index (χ2v) is 4.13. The van der Waals surface area contributed by atoms with Crippen molar-refractivity contribution < 1.29 is 13.7 Å². The minimum atomic E-state index is -0.362. The number of amides is 1. The van der Waals surface area contributed by atoms with Crippen molar-refractivity contribution in [3.05, 3.63) is 46.6 Å². The van der Waals surface area contributed by atoms with Crippen LogP contribution in [0.5, 0.6) is 0 Å². The number of hydrogen-bond donors (Lipinski definition) is 1. The molecule has 1 aromatic heterocycles. The van der Waals surface area contributed by atoms with Gasteiger partial charge < -0.3 is 9.84 Å². The van der Waals surface area contributed by atoms with Crippen LogP contribution >= 0.6 is 0 Å². The molecule has 0 aliphatic rings. The van der Waals surface area contributed by atoms with E-state index in [1.807, 2.05) is 0 Å². The van der Waals surface area contributed by atoms with Crippen molar-refractivity contribution in [3.8, 4) is 0 Å². The Morgan fingerprint density at radius 1 is 1.33 bits per heavy atom. The third-order valence-corrected chi connectivity index (χ3v) is 2.81. The first-order chi connectivity index (χ1) is 8.49. The number of aromatic nitrogens is 1. The highest BCUT2D eigenvalue weighted by molar-refractivity contribution is 6.04. The molecule has 0 radical (unpaired) electrons. The fraction of sp³-hybridized carbons (Fsp3) is 0.231. The molecule has 1 aromatic carbocycles. The molecular formula is C13H13FN2O2. The van der Waals surface area contributed by atoms with Gasteiger partial charge in [-0.25, -0.2) is 4.39 Å². The number of rotatable bonds is 2. The van der Waals surface area contributed by atoms with E-state index in [4.69, 9.17) is 4.52 Å². The highest BCUT2D eigenvalue weighted by Gasteiger charge is 2.17. The van der Waals surface area contributed by atoms with Gasteiger partial charge in [-0.15, -0.1) is 0 Å². The molecule has 0 unspecified atom stereocenters. The van der Waals surface area contributed by atoms with E-state index in [-0.39, 0.29) is 17.4 Å². The van der Waals surface area contributed by atoms with Crippen molar-refractivity contribution in [2.24, 2.45) is 0 Å². The van der Waals surface area contributed by atoms with Crippen LogP contribution in [-0.2, 0) is 0 Å². The summed E-state index contributed by atoms with van der Waals surface area (Å²) in [7, 11) is 0. The molecule has 18 heavy (non-hydrogen) atoms. The lowest BCUT2D eigenvalue weighted by molar-refractivity contribution is 0.101. The molecule has 1 heterocycles. The molecule has 4 nitrogen and oxygen atoms in total. The molecule has 0 bridgehead atoms. The number of carbonyl (C=O) groups excluding carboxylic acids is 1. The Morgan fingerprint density at radius 3 is 2.61 bits per heavy atom. The van der Waals surface area contributed by atoms with E-state index in [9.17, 15) is 9.18 Å². The van der Waals surface area contributed by atoms with Crippen LogP contribution in [0.4, 0.5) is 10.1 Å². The normalized spacial score (nSPS) is 10.4. The second kappa shape index (κ2) is 4.60. The molecule has 0 aliphatic heterocycles. The van der Waals surface area contributed by atoms with E-state index < -0.39 is 0 Å². The lowest BCUT2D eigenvalue weighted by Gasteiger charge is -2.06. The van der Waals surface area contributed by atoms with E-state index in [2.05, 4.69) is 10.5 Å². The number of anilines is 1. The molecule has 1 N–H and O–H groups in total. The van der Waals surface area contributed by atoms with Crippen LogP contribution in [0.25, 0.3) is 0 Å². The number of halogens is 1. The van der Waals surface area contributed by atoms with Gasteiger partial charge in [0.15, 0.2) is 5.69 Å². The van der Waals surface area contributed by atoms with Gasteiger partial charge in [0.25, 0.3) is 5.91 Å². The lowest BCUT2D eigenvalue weighted by Crippen LogP contribution is -2.14. The van der Waals surface area contributed by atoms with Gasteiger partial charge in [-0.05, 0) is 44.5 Å². The third kappa shape index (κ3) is 2.25. The molecular weight excluding hydrogens is 235 g/mol. The summed E-state index contributed by atoms with van der Waals surface area (Å²) in [5.74, 6) is -0.0889. The van der Waals surface area contributed by atoms with Gasteiger partial charge in [0.05, 0.1) is 0 Å². The van der Waals surface area contributed by atoms with E-state index in [1.54, 1.807) is 20.8 Å². The second-order valence-electron chi connectivity index (χ2n) is 4.13. The number of aryl methyl sites for hydroxylation is 2. The fourth-order valence-electron chi connectivity index (χ4n) is 1.58. The largest absolute Gasteiger partial charge is 0.361 e. The van der Waals surface area contributed by atoms with Crippen LogP contribution in [0.15, 0.2) is 22.7 Å². The number of benzene rings is 1. The molecule has 0 spiro atoms. The maximum atomic E-state index is 12.9. The van der Waals surface area contributed by atoms with Crippen LogP contribution in [0.2, 0.25) is 0 Å². The number of carbonyl (C=O) groups is 1. The Balaban J connectivity index is 2.24. The minimum Gasteiger partial charge on any atom is -0.361 e. The Labute approximate surface area is 104 Å². The lowest BCUT2D eigenvalue weighted by atomic mass is 10.1. The predicted octanol–water partition coefficient (Wildman–Crippen LogP) is 2.99. The monoisotopic (exact) mass is 248 g/mol. The fourth-order valence-corrected chi connectivity index (χ4v) is 1.58. The summed E-state index contributed by atoms with van der Waals surface area (Å²) < 4.78 is 17.9. The van der Waals surface area contributed by atoms with Gasteiger partial charge in [-0.2, -0.15) is 0 Å². The Hall–Kier alpha value is -2.17. The van der Waals surface area contributed by atoms with Crippen molar-refractivity contribution in [3.63, 3.8) is 0 Å². The van der Waals surface area contributed by atoms with E-state index >= 15 is 0 Å². The maximum absolute atomic E-state index is 12.9. The van der Waals surface area contributed by atoms with Gasteiger partial charge >= 0.3 is 0 Å². The van der Waals surface area contributed by atoms with Crippen LogP contribution in [0.1, 0.15) is 27.4 Å². The molecule has 0 fully saturated rings. The van der Waals surface area contributed by atoms with Gasteiger partial charge in [0.1, 0.15) is 11.6 Å². The van der Waals surface area contributed by atoms with Crippen molar-refractivity contribution in [1.29, 1.82) is 0 Å². The van der Waals surface area contributed by atoms with Crippen LogP contribution in [-0.4, -0.2) is 11.1 Å². The van der Waals surface area contributed by atoms with Gasteiger partial charge in [-0.3, -0.25) is 4.79 Å². The zero-order chi connectivity index (χ0) is 13.3. The van der Waals surface area contributed by atoms with Crippen molar-refractivity contribution >= 4 is 11.6 Å². The van der Waals surface area contributed by atoms with E-state index in [0.29, 0.717) is 22.6 Å². The average Bonchev–Trinajstić information content (AvgIpc) is 2.64. The van der Waals surface area contributed by atoms with Crippen molar-refractivity contribution in [2.75, 3.05) is 5.32 Å². The maximum Gasteiger partial charge on any atom is 0.278 e. The summed E-state index contributed by atoms with van der Waals surface area (Å²) in [6, 6.07) is 4.17. The summed E-state index contributed by atoms with van der Waals surface area (Å²) in [6.07, 6.45) is 0. The summed E-state index contributed by atoms with van der Waals surface area (Å²) in [6.45, 7) is 5.22. The summed E-state index contributed by atoms with van der Waals surface area (Å²) in [5, 5.41) is 6.38. The van der Waals surface area contributed by atoms with E-state index in [0.717, 1.165) is 0 Å². The molecule has 0 atom stereocenters. The van der Waals surface area contributed by atoms with E-state index in [1.165, 1.54) is 18.2 Å². The van der Waals surface area contributed by atoms with Crippen LogP contribution in [0.3, 0.4) is 0 Å². The van der Waals surface area contributed by atoms with Gasteiger partial charge in [0, 0.05) is 11.3 Å². The third-order valence-electron chi connectivity index (χ3n) is 2.81. The first-order valence-corrected chi connectivity index (χ1v) is 5.49. The highest BCUT2D eigenvalue weighted by Crippen LogP contribution is 2.18. The van der Waals surface area contributed by atoms with Gasteiger partial charge in [-0.1, -0.05) is 5.16 Å². The molecule has 5 heteroatoms. The summed E-state index contributed by atoms with van der Waals surface area (Å²) >= 11 is 0. The first kappa shape index (κ1) is 12.3. The molecule has 0 saturated carbocycles. The first-order valence-electron chi connectivity index (χ1n) is 5.49. The summed E-state index contributed by atoms with van der Waals surface area (Å²) in [5.41, 5.74) is 2.16. The van der Waals surface area contributed by atoms with Crippen LogP contribution < -0.4 is 5.32 Å². The smallest absolute Gasteiger partial charge is 0.278 e. The number of nitrogens with one attached hydrogen (secondary N) is 1. The average molecular weight is 248 g/mol. The molecule has 2 rings (SSSR count). The zero-order valence-electron chi connectivity index (χ0n) is 10.4.